The van der Waals surface area contributed by atoms with E-state index in [0.29, 0.717) is 31.7 Å². The monoisotopic (exact) mass is 529 g/mol. The molecular weight excluding hydrogens is 498 g/mol. The average Bonchev–Trinajstić information content (AvgIpc) is 3.34. The van der Waals surface area contributed by atoms with Crippen molar-refractivity contribution < 1.29 is 28.5 Å². The van der Waals surface area contributed by atoms with Crippen LogP contribution < -0.4 is 14.2 Å². The number of hydrogen-bond donors (Lipinski definition) is 0. The van der Waals surface area contributed by atoms with Gasteiger partial charge in [0, 0.05) is 6.42 Å². The molecule has 0 aliphatic carbocycles. The van der Waals surface area contributed by atoms with Crippen molar-refractivity contribution >= 4 is 11.8 Å². The van der Waals surface area contributed by atoms with Crippen LogP contribution in [0.3, 0.4) is 0 Å². The summed E-state index contributed by atoms with van der Waals surface area (Å²) in [5.74, 6) is 1.74. The number of methoxy groups -OCH3 is 1. The predicted molar refractivity (Wildman–Crippen MR) is 145 cm³/mol. The van der Waals surface area contributed by atoms with Crippen molar-refractivity contribution in [2.75, 3.05) is 20.3 Å². The molecule has 9 nitrogen and oxygen atoms in total. The molecular formula is C30H31N3O6. The topological polar surface area (TPSA) is 102 Å². The number of carbonyl (C=O) groups excluding carboxylic acids is 2. The summed E-state index contributed by atoms with van der Waals surface area (Å²) < 4.78 is 23.8. The highest BCUT2D eigenvalue weighted by Gasteiger charge is 2.23. The van der Waals surface area contributed by atoms with Crippen molar-refractivity contribution in [1.29, 1.82) is 0 Å². The van der Waals surface area contributed by atoms with Crippen LogP contribution in [0, 0.1) is 0 Å². The van der Waals surface area contributed by atoms with E-state index in [2.05, 4.69) is 10.3 Å². The molecule has 0 N–H and O–H groups in total. The van der Waals surface area contributed by atoms with E-state index in [1.165, 1.54) is 4.68 Å². The van der Waals surface area contributed by atoms with E-state index in [4.69, 9.17) is 18.9 Å². The molecule has 0 saturated heterocycles. The van der Waals surface area contributed by atoms with Crippen molar-refractivity contribution in [1.82, 2.24) is 15.0 Å². The van der Waals surface area contributed by atoms with Crippen LogP contribution in [0.1, 0.15) is 42.7 Å². The van der Waals surface area contributed by atoms with Crippen molar-refractivity contribution in [2.45, 2.75) is 33.2 Å². The molecule has 4 rings (SSSR count). The molecule has 39 heavy (non-hydrogen) atoms. The van der Waals surface area contributed by atoms with E-state index >= 15 is 0 Å². The maximum atomic E-state index is 12.5. The van der Waals surface area contributed by atoms with Crippen molar-refractivity contribution in [2.24, 2.45) is 0 Å². The molecule has 0 unspecified atom stereocenters. The van der Waals surface area contributed by atoms with Gasteiger partial charge in [0.05, 0.1) is 26.9 Å². The van der Waals surface area contributed by atoms with Crippen LogP contribution >= 0.6 is 0 Å². The zero-order chi connectivity index (χ0) is 27.6. The van der Waals surface area contributed by atoms with Gasteiger partial charge in [-0.05, 0) is 73.4 Å². The number of ether oxygens (including phenoxy) is 4. The van der Waals surface area contributed by atoms with Gasteiger partial charge in [0.2, 0.25) is 5.69 Å². The van der Waals surface area contributed by atoms with Gasteiger partial charge in [0.25, 0.3) is 5.88 Å². The number of nitrogens with zero attached hydrogens (tertiary/aromatic N) is 3. The second-order valence-electron chi connectivity index (χ2n) is 8.78. The van der Waals surface area contributed by atoms with E-state index in [1.807, 2.05) is 72.8 Å². The first kappa shape index (κ1) is 27.4. The fourth-order valence-electron chi connectivity index (χ4n) is 3.84. The Labute approximate surface area is 227 Å². The minimum Gasteiger partial charge on any atom is -0.497 e. The third kappa shape index (κ3) is 7.44. The minimum atomic E-state index is -0.606. The molecule has 0 aliphatic rings. The van der Waals surface area contributed by atoms with Crippen molar-refractivity contribution in [3.05, 3.63) is 84.1 Å². The Morgan fingerprint density at radius 2 is 1.64 bits per heavy atom. The lowest BCUT2D eigenvalue weighted by Gasteiger charge is -2.11. The van der Waals surface area contributed by atoms with Crippen molar-refractivity contribution in [3.8, 4) is 34.3 Å². The van der Waals surface area contributed by atoms with Crippen LogP contribution in [-0.2, 0) is 16.1 Å². The Hall–Kier alpha value is -4.66. The molecule has 0 bridgehead atoms. The molecule has 0 saturated carbocycles. The summed E-state index contributed by atoms with van der Waals surface area (Å²) in [5.41, 5.74) is 2.87. The van der Waals surface area contributed by atoms with Crippen LogP contribution in [0.5, 0.6) is 23.1 Å². The normalized spacial score (nSPS) is 10.6. The standard InChI is InChI=1S/C30H31N3O6/c1-4-37-30(35)28-29(33(32-31-28)20-22-10-14-25(36-3)15-11-22)39-26-16-12-23(13-17-26)24-8-5-9-27(19-24)38-18-6-7-21(2)34/h5,8-17,19H,4,6-7,18,20H2,1-3H3. The first-order valence-corrected chi connectivity index (χ1v) is 12.7. The van der Waals surface area contributed by atoms with Crippen LogP contribution in [0.4, 0.5) is 0 Å². The Morgan fingerprint density at radius 1 is 0.897 bits per heavy atom. The van der Waals surface area contributed by atoms with E-state index in [0.717, 1.165) is 28.2 Å². The van der Waals surface area contributed by atoms with Crippen LogP contribution in [0.2, 0.25) is 0 Å². The highest BCUT2D eigenvalue weighted by molar-refractivity contribution is 5.89. The van der Waals surface area contributed by atoms with Gasteiger partial charge in [0.15, 0.2) is 0 Å². The second-order valence-corrected chi connectivity index (χ2v) is 8.78. The Bertz CT molecular complexity index is 1400. The van der Waals surface area contributed by atoms with Crippen molar-refractivity contribution in [3.63, 3.8) is 0 Å². The first-order chi connectivity index (χ1) is 19.0. The zero-order valence-electron chi connectivity index (χ0n) is 22.3. The van der Waals surface area contributed by atoms with Crippen LogP contribution in [0.25, 0.3) is 11.1 Å². The number of Topliss-reactive ketones (excluding diaryl/α,β-unsaturated/α-hetero) is 1. The summed E-state index contributed by atoms with van der Waals surface area (Å²) in [7, 11) is 1.61. The lowest BCUT2D eigenvalue weighted by Crippen LogP contribution is -2.09. The molecule has 9 heteroatoms. The number of aromatic nitrogens is 3. The first-order valence-electron chi connectivity index (χ1n) is 12.7. The highest BCUT2D eigenvalue weighted by Crippen LogP contribution is 2.30. The number of ketones is 1. The number of esters is 1. The Morgan fingerprint density at radius 3 is 2.33 bits per heavy atom. The van der Waals surface area contributed by atoms with E-state index < -0.39 is 5.97 Å². The molecule has 1 aromatic heterocycles. The lowest BCUT2D eigenvalue weighted by atomic mass is 10.1. The molecule has 0 radical (unpaired) electrons. The largest absolute Gasteiger partial charge is 0.497 e. The molecule has 0 aliphatic heterocycles. The maximum absolute atomic E-state index is 12.5. The summed E-state index contributed by atoms with van der Waals surface area (Å²) in [4.78, 5) is 23.7. The quantitative estimate of drug-likeness (QED) is 0.160. The number of benzene rings is 3. The molecule has 1 heterocycles. The molecule has 0 atom stereocenters. The summed E-state index contributed by atoms with van der Waals surface area (Å²) in [6, 6.07) is 22.8. The lowest BCUT2D eigenvalue weighted by molar-refractivity contribution is -0.117. The average molecular weight is 530 g/mol. The van der Waals surface area contributed by atoms with Gasteiger partial charge >= 0.3 is 5.97 Å². The summed E-state index contributed by atoms with van der Waals surface area (Å²) in [6.45, 7) is 4.33. The number of carbonyl (C=O) groups is 2. The summed E-state index contributed by atoms with van der Waals surface area (Å²) in [6.07, 6.45) is 1.19. The van der Waals surface area contributed by atoms with Gasteiger partial charge in [-0.2, -0.15) is 0 Å². The van der Waals surface area contributed by atoms with Gasteiger partial charge in [-0.3, -0.25) is 0 Å². The van der Waals surface area contributed by atoms with E-state index in [9.17, 15) is 9.59 Å². The number of rotatable bonds is 13. The van der Waals surface area contributed by atoms with Gasteiger partial charge in [-0.25, -0.2) is 9.48 Å². The molecule has 4 aromatic rings. The van der Waals surface area contributed by atoms with Gasteiger partial charge in [-0.1, -0.05) is 41.6 Å². The highest BCUT2D eigenvalue weighted by atomic mass is 16.5. The maximum Gasteiger partial charge on any atom is 0.364 e. The van der Waals surface area contributed by atoms with Gasteiger partial charge in [-0.15, -0.1) is 5.10 Å². The third-order valence-electron chi connectivity index (χ3n) is 5.83. The van der Waals surface area contributed by atoms with Gasteiger partial charge in [0.1, 0.15) is 23.0 Å². The predicted octanol–water partition coefficient (Wildman–Crippen LogP) is 5.72. The third-order valence-corrected chi connectivity index (χ3v) is 5.83. The number of hydrogen-bond acceptors (Lipinski definition) is 8. The van der Waals surface area contributed by atoms with Crippen LogP contribution in [0.15, 0.2) is 72.8 Å². The SMILES string of the molecule is CCOC(=O)c1nnn(Cc2ccc(OC)cc2)c1Oc1ccc(-c2cccc(OCCCC(C)=O)c2)cc1. The zero-order valence-corrected chi connectivity index (χ0v) is 22.3. The second kappa shape index (κ2) is 13.2. The molecule has 3 aromatic carbocycles. The minimum absolute atomic E-state index is 0.00376. The van der Waals surface area contributed by atoms with E-state index in [-0.39, 0.29) is 24.0 Å². The van der Waals surface area contributed by atoms with E-state index in [1.54, 1.807) is 21.0 Å². The smallest absolute Gasteiger partial charge is 0.364 e. The van der Waals surface area contributed by atoms with Crippen LogP contribution in [-0.4, -0.2) is 47.1 Å². The molecule has 0 amide bonds. The Kier molecular flexibility index (Phi) is 9.29. The molecule has 0 spiro atoms. The summed E-state index contributed by atoms with van der Waals surface area (Å²) >= 11 is 0. The fraction of sp³-hybridized carbons (Fsp3) is 0.267. The fourth-order valence-corrected chi connectivity index (χ4v) is 3.84. The molecule has 202 valence electrons. The molecule has 0 fully saturated rings. The van der Waals surface area contributed by atoms with Gasteiger partial charge < -0.3 is 23.7 Å². The Balaban J connectivity index is 1.51. The summed E-state index contributed by atoms with van der Waals surface area (Å²) in [5, 5.41) is 8.18.